The summed E-state index contributed by atoms with van der Waals surface area (Å²) in [6, 6.07) is 7.18. The lowest BCUT2D eigenvalue weighted by molar-refractivity contribution is -0.172. The second-order valence-electron chi connectivity index (χ2n) is 16.4. The highest BCUT2D eigenvalue weighted by atomic mass is 31.2. The van der Waals surface area contributed by atoms with Gasteiger partial charge in [0.05, 0.1) is 54.1 Å². The highest BCUT2D eigenvalue weighted by Gasteiger charge is 2.60. The van der Waals surface area contributed by atoms with Gasteiger partial charge in [-0.15, -0.1) is 14.7 Å². The van der Waals surface area contributed by atoms with E-state index in [9.17, 15) is 34.2 Å². The fourth-order valence-corrected chi connectivity index (χ4v) is 12.1. The Bertz CT molecular complexity index is 2300. The lowest BCUT2D eigenvalue weighted by Gasteiger charge is -2.35. The summed E-state index contributed by atoms with van der Waals surface area (Å²) in [5.74, 6) is -1.13. The second-order valence-corrected chi connectivity index (χ2v) is 18.4. The van der Waals surface area contributed by atoms with Crippen LogP contribution >= 0.6 is 8.02 Å². The number of esters is 1. The van der Waals surface area contributed by atoms with Gasteiger partial charge in [0.1, 0.15) is 12.4 Å². The monoisotopic (exact) mass is 848 g/mol. The summed E-state index contributed by atoms with van der Waals surface area (Å²) in [6.45, 7) is 5.72. The molecule has 3 aromatic rings. The van der Waals surface area contributed by atoms with E-state index in [4.69, 9.17) is 23.5 Å². The largest absolute Gasteiger partial charge is 0.483 e. The highest BCUT2D eigenvalue weighted by Crippen LogP contribution is 2.60. The first kappa shape index (κ1) is 40.8. The Labute approximate surface area is 346 Å². The number of aliphatic hydroxyl groups is 2. The number of nitrogens with zero attached hydrogens (tertiary/aromatic N) is 5. The van der Waals surface area contributed by atoms with Gasteiger partial charge >= 0.3 is 26.0 Å². The Kier molecular flexibility index (Phi) is 10.9. The number of cyclic esters (lactones) is 1. The van der Waals surface area contributed by atoms with Crippen LogP contribution < -0.4 is 20.5 Å². The van der Waals surface area contributed by atoms with Gasteiger partial charge in [0.2, 0.25) is 12.2 Å². The number of aliphatic hydroxyl groups excluding tert-OH is 1. The number of nitrogens with one attached hydrogen (secondary N) is 2. The number of aromatic nitrogens is 2. The molecule has 0 radical (unpaired) electrons. The number of benzene rings is 1. The summed E-state index contributed by atoms with van der Waals surface area (Å²) in [5, 5.41) is 29.5. The van der Waals surface area contributed by atoms with Gasteiger partial charge in [0.15, 0.2) is 5.60 Å². The molecule has 4 N–H and O–H groups in total. The van der Waals surface area contributed by atoms with Gasteiger partial charge in [-0.2, -0.15) is 0 Å². The number of rotatable bonds is 5. The number of carbonyl (C=O) groups is 4. The van der Waals surface area contributed by atoms with Crippen LogP contribution in [0, 0.1) is 0 Å². The SMILES string of the molecule is CCc1c2c(nc3ccc(OC(=O)N4CCN(CC(=O)N5CCC(=O)O[P+]6(N[C@@H]7CCCC[C@H]7N6)OC(O)CC5)CC4)cc13)-c1cc3c(c(=O)n1C2)COC(=O)[C@]3(O)CC. The molecule has 3 saturated heterocycles. The molecule has 4 fully saturated rings. The molecule has 6 aliphatic rings. The van der Waals surface area contributed by atoms with Gasteiger partial charge in [-0.25, -0.2) is 23.9 Å². The van der Waals surface area contributed by atoms with Crippen molar-refractivity contribution in [1.82, 2.24) is 34.4 Å². The maximum atomic E-state index is 13.7. The summed E-state index contributed by atoms with van der Waals surface area (Å²) in [7, 11) is -3.01. The minimum Gasteiger partial charge on any atom is -0.458 e. The van der Waals surface area contributed by atoms with Crippen LogP contribution in [0.25, 0.3) is 22.3 Å². The first-order valence-corrected chi connectivity index (χ1v) is 22.6. The third-order valence-corrected chi connectivity index (χ3v) is 15.2. The normalized spacial score (nSPS) is 26.5. The maximum absolute atomic E-state index is 13.7. The van der Waals surface area contributed by atoms with Crippen LogP contribution in [0.4, 0.5) is 4.79 Å². The molecule has 9 rings (SSSR count). The zero-order chi connectivity index (χ0) is 41.9. The molecule has 1 unspecified atom stereocenters. The van der Waals surface area contributed by atoms with E-state index in [1.807, 2.05) is 11.8 Å². The number of fused-ring (bicyclic) bond motifs is 6. The molecule has 0 bridgehead atoms. The van der Waals surface area contributed by atoms with Crippen LogP contribution in [0.3, 0.4) is 0 Å². The summed E-state index contributed by atoms with van der Waals surface area (Å²) in [6.07, 6.45) is 3.11. The van der Waals surface area contributed by atoms with Crippen molar-refractivity contribution >= 4 is 42.9 Å². The minimum absolute atomic E-state index is 0.00304. The summed E-state index contributed by atoms with van der Waals surface area (Å²) < 4.78 is 24.5. The molecule has 1 spiro atoms. The first-order chi connectivity index (χ1) is 28.9. The number of aryl methyl sites for hydroxylation is 1. The summed E-state index contributed by atoms with van der Waals surface area (Å²) in [4.78, 5) is 76.2. The Hall–Kier alpha value is -4.55. The minimum atomic E-state index is -3.01. The van der Waals surface area contributed by atoms with Crippen molar-refractivity contribution in [3.63, 3.8) is 0 Å². The molecule has 1 aromatic carbocycles. The van der Waals surface area contributed by atoms with Crippen molar-refractivity contribution in [3.8, 4) is 17.1 Å². The van der Waals surface area contributed by atoms with Gasteiger partial charge < -0.3 is 34.1 Å². The van der Waals surface area contributed by atoms with Crippen LogP contribution in [0.1, 0.15) is 81.0 Å². The van der Waals surface area contributed by atoms with Crippen LogP contribution in [0.15, 0.2) is 29.1 Å². The standard InChI is InChI=1S/C41H51N7O11P/c1-3-25-26-19-24(9-10-30(26)42-37-27(25)21-48-33(37)20-29-28(38(48)52)23-56-39(53)41(29,55)4-2)57-40(54)47-17-15-45(16-18-47)22-34(49)46-13-11-35(50)58-60(59-36(51)12-14-46)43-31-7-5-6-8-32(31)44-60/h9-10,19-20,31-32,35,43-44,50,55H,3-8,11-18,21-23H2,1-2H3/q+1/t31-,32-,35?,41+/m1/s1. The molecule has 320 valence electrons. The average Bonchev–Trinajstić information content (AvgIpc) is 3.79. The van der Waals surface area contributed by atoms with E-state index in [1.54, 1.807) is 45.6 Å². The molecule has 4 atom stereocenters. The molecular formula is C41H51N7O11P+. The lowest BCUT2D eigenvalue weighted by atomic mass is 9.86. The molecule has 2 amide bonds. The number of pyridine rings is 2. The maximum Gasteiger partial charge on any atom is 0.483 e. The molecule has 7 heterocycles. The third kappa shape index (κ3) is 7.35. The van der Waals surface area contributed by atoms with Crippen LogP contribution in [-0.2, 0) is 53.3 Å². The predicted octanol–water partition coefficient (Wildman–Crippen LogP) is 2.44. The van der Waals surface area contributed by atoms with Gasteiger partial charge in [-0.1, -0.05) is 26.7 Å². The topological polar surface area (TPSA) is 214 Å². The molecule has 60 heavy (non-hydrogen) atoms. The van der Waals surface area contributed by atoms with Crippen molar-refractivity contribution < 1.29 is 47.9 Å². The van der Waals surface area contributed by atoms with E-state index in [-0.39, 0.29) is 86.7 Å². The van der Waals surface area contributed by atoms with Gasteiger partial charge in [0, 0.05) is 62.2 Å². The predicted molar refractivity (Wildman–Crippen MR) is 216 cm³/mol. The molecule has 1 saturated carbocycles. The van der Waals surface area contributed by atoms with Crippen LogP contribution in [-0.4, -0.2) is 123 Å². The van der Waals surface area contributed by atoms with Crippen molar-refractivity contribution in [2.75, 3.05) is 45.8 Å². The van der Waals surface area contributed by atoms with E-state index < -0.39 is 37.9 Å². The fourth-order valence-electron chi connectivity index (χ4n) is 9.47. The van der Waals surface area contributed by atoms with Crippen molar-refractivity contribution in [2.24, 2.45) is 0 Å². The number of ether oxygens (including phenoxy) is 2. The Morgan fingerprint density at radius 3 is 2.43 bits per heavy atom. The van der Waals surface area contributed by atoms with E-state index in [0.29, 0.717) is 55.3 Å². The van der Waals surface area contributed by atoms with Crippen LogP contribution in [0.2, 0.25) is 0 Å². The molecule has 18 nitrogen and oxygen atoms in total. The number of hydrogen-bond donors (Lipinski definition) is 4. The number of carbonyl (C=O) groups excluding carboxylic acids is 4. The van der Waals surface area contributed by atoms with Gasteiger partial charge in [-0.05, 0) is 55.5 Å². The highest BCUT2D eigenvalue weighted by molar-refractivity contribution is 7.63. The van der Waals surface area contributed by atoms with Crippen LogP contribution in [0.5, 0.6) is 5.75 Å². The van der Waals surface area contributed by atoms with E-state index in [0.717, 1.165) is 42.2 Å². The molecule has 2 aromatic heterocycles. The van der Waals surface area contributed by atoms with Crippen molar-refractivity contribution in [3.05, 3.63) is 56.9 Å². The Morgan fingerprint density at radius 2 is 1.72 bits per heavy atom. The Morgan fingerprint density at radius 1 is 0.967 bits per heavy atom. The number of hydrogen-bond acceptors (Lipinski definition) is 15. The van der Waals surface area contributed by atoms with E-state index in [1.165, 1.54) is 0 Å². The van der Waals surface area contributed by atoms with Gasteiger partial charge in [0.25, 0.3) is 5.56 Å². The third-order valence-electron chi connectivity index (χ3n) is 12.8. The summed E-state index contributed by atoms with van der Waals surface area (Å²) >= 11 is 0. The van der Waals surface area contributed by atoms with Crippen molar-refractivity contribution in [1.29, 1.82) is 0 Å². The Balaban J connectivity index is 0.819. The van der Waals surface area contributed by atoms with E-state index >= 15 is 0 Å². The fraction of sp³-hybridized carbons (Fsp3) is 0.561. The molecular weight excluding hydrogens is 797 g/mol. The number of amides is 2. The smallest absolute Gasteiger partial charge is 0.458 e. The molecule has 5 aliphatic heterocycles. The quantitative estimate of drug-likeness (QED) is 0.168. The van der Waals surface area contributed by atoms with Gasteiger partial charge in [-0.3, -0.25) is 14.5 Å². The van der Waals surface area contributed by atoms with Crippen molar-refractivity contribution in [2.45, 2.75) is 102 Å². The molecule has 19 heteroatoms. The molecule has 1 aliphatic carbocycles. The first-order valence-electron chi connectivity index (χ1n) is 21.0. The van der Waals surface area contributed by atoms with E-state index in [2.05, 4.69) is 10.2 Å². The summed E-state index contributed by atoms with van der Waals surface area (Å²) in [5.41, 5.74) is 1.84. The number of piperazine rings is 1. The zero-order valence-corrected chi connectivity index (χ0v) is 34.7. The average molecular weight is 849 g/mol. The zero-order valence-electron chi connectivity index (χ0n) is 33.8. The lowest BCUT2D eigenvalue weighted by Crippen LogP contribution is -2.52. The second kappa shape index (κ2) is 16.0.